The number of aromatic nitrogens is 1. The van der Waals surface area contributed by atoms with E-state index in [1.54, 1.807) is 18.4 Å². The Bertz CT molecular complexity index is 528. The van der Waals surface area contributed by atoms with Crippen LogP contribution >= 0.6 is 27.3 Å². The lowest BCUT2D eigenvalue weighted by atomic mass is 9.98. The van der Waals surface area contributed by atoms with Gasteiger partial charge >= 0.3 is 0 Å². The van der Waals surface area contributed by atoms with Crippen molar-refractivity contribution in [2.24, 2.45) is 0 Å². The number of hydrogen-bond donors (Lipinski definition) is 0. The second-order valence-electron chi connectivity index (χ2n) is 4.72. The fraction of sp³-hybridized carbons (Fsp3) is 0.417. The largest absolute Gasteiger partial charge is 0.497 e. The number of halogens is 1. The molecule has 0 N–H and O–H groups in total. The second-order valence-corrected chi connectivity index (χ2v) is 6.61. The van der Waals surface area contributed by atoms with Crippen LogP contribution < -0.4 is 4.74 Å². The van der Waals surface area contributed by atoms with Gasteiger partial charge in [0.1, 0.15) is 5.75 Å². The zero-order chi connectivity index (χ0) is 11.9. The Morgan fingerprint density at radius 3 is 2.56 bits per heavy atom. The average Bonchev–Trinajstić information content (AvgIpc) is 2.61. The molecule has 2 nitrogen and oxygen atoms in total. The highest BCUT2D eigenvalue weighted by Crippen LogP contribution is 2.36. The molecule has 0 unspecified atom stereocenters. The molecule has 0 aliphatic heterocycles. The Balaban J connectivity index is 2.66. The van der Waals surface area contributed by atoms with Crippen molar-refractivity contribution in [1.82, 2.24) is 4.98 Å². The maximum absolute atomic E-state index is 5.25. The summed E-state index contributed by atoms with van der Waals surface area (Å²) < 4.78 is 7.40. The van der Waals surface area contributed by atoms with Gasteiger partial charge in [-0.2, -0.15) is 0 Å². The summed E-state index contributed by atoms with van der Waals surface area (Å²) in [5.74, 6) is 0.864. The third kappa shape index (κ3) is 2.09. The molecule has 2 rings (SSSR count). The van der Waals surface area contributed by atoms with Crippen LogP contribution in [0.5, 0.6) is 5.75 Å². The first-order valence-corrected chi connectivity index (χ1v) is 6.67. The van der Waals surface area contributed by atoms with E-state index >= 15 is 0 Å². The summed E-state index contributed by atoms with van der Waals surface area (Å²) in [6.07, 6.45) is 0. The van der Waals surface area contributed by atoms with E-state index < -0.39 is 0 Å². The highest BCUT2D eigenvalue weighted by Gasteiger charge is 2.20. The van der Waals surface area contributed by atoms with E-state index in [1.807, 2.05) is 12.1 Å². The molecular formula is C12H14BrNOS. The molecule has 0 saturated heterocycles. The predicted octanol–water partition coefficient (Wildman–Crippen LogP) is 4.36. The highest BCUT2D eigenvalue weighted by molar-refractivity contribution is 9.10. The molecule has 0 radical (unpaired) electrons. The fourth-order valence-corrected chi connectivity index (χ4v) is 3.14. The van der Waals surface area contributed by atoms with Crippen LogP contribution in [0.15, 0.2) is 16.6 Å². The topological polar surface area (TPSA) is 22.1 Å². The van der Waals surface area contributed by atoms with Gasteiger partial charge in [0.15, 0.2) is 0 Å². The van der Waals surface area contributed by atoms with Crippen LogP contribution in [0, 0.1) is 0 Å². The quantitative estimate of drug-likeness (QED) is 0.780. The maximum atomic E-state index is 5.25. The molecule has 0 atom stereocenters. The molecule has 1 aromatic heterocycles. The van der Waals surface area contributed by atoms with Gasteiger partial charge in [-0.25, -0.2) is 4.98 Å². The molecule has 0 spiro atoms. The first kappa shape index (κ1) is 11.9. The van der Waals surface area contributed by atoms with E-state index in [2.05, 4.69) is 41.7 Å². The predicted molar refractivity (Wildman–Crippen MR) is 72.6 cm³/mol. The number of hydrogen-bond acceptors (Lipinski definition) is 3. The lowest BCUT2D eigenvalue weighted by Crippen LogP contribution is -2.09. The Labute approximate surface area is 108 Å². The van der Waals surface area contributed by atoms with Gasteiger partial charge in [0.2, 0.25) is 0 Å². The molecule has 0 amide bonds. The number of fused-ring (bicyclic) bond motifs is 1. The van der Waals surface area contributed by atoms with Crippen molar-refractivity contribution < 1.29 is 4.74 Å². The molecule has 0 fully saturated rings. The van der Waals surface area contributed by atoms with Gasteiger partial charge in [-0.05, 0) is 28.1 Å². The van der Waals surface area contributed by atoms with Gasteiger partial charge in [-0.3, -0.25) is 0 Å². The minimum absolute atomic E-state index is 0.0936. The van der Waals surface area contributed by atoms with Crippen molar-refractivity contribution in [2.45, 2.75) is 26.2 Å². The van der Waals surface area contributed by atoms with Crippen LogP contribution in [-0.2, 0) is 5.41 Å². The van der Waals surface area contributed by atoms with Crippen LogP contribution in [0.4, 0.5) is 0 Å². The summed E-state index contributed by atoms with van der Waals surface area (Å²) in [5, 5.41) is 1.15. The molecule has 0 saturated carbocycles. The third-order valence-corrected chi connectivity index (χ3v) is 4.33. The molecule has 2 aromatic rings. The van der Waals surface area contributed by atoms with Gasteiger partial charge in [0.05, 0.1) is 22.3 Å². The minimum atomic E-state index is 0.0936. The van der Waals surface area contributed by atoms with Crippen LogP contribution in [-0.4, -0.2) is 12.1 Å². The lowest BCUT2D eigenvalue weighted by molar-refractivity contribution is 0.415. The number of thiazole rings is 1. The SMILES string of the molecule is COc1cc(Br)c2nc(C(C)(C)C)sc2c1. The molecule has 0 aliphatic rings. The summed E-state index contributed by atoms with van der Waals surface area (Å²) in [5.41, 5.74) is 1.12. The zero-order valence-corrected chi connectivity index (χ0v) is 12.2. The summed E-state index contributed by atoms with van der Waals surface area (Å²) >= 11 is 5.26. The van der Waals surface area contributed by atoms with Gasteiger partial charge in [0, 0.05) is 9.89 Å². The standard InChI is InChI=1S/C12H14BrNOS/c1-12(2,3)11-14-10-8(13)5-7(15-4)6-9(10)16-11/h5-6H,1-4H3. The molecule has 0 aliphatic carbocycles. The number of rotatable bonds is 1. The molecule has 4 heteroatoms. The van der Waals surface area contributed by atoms with Crippen molar-refractivity contribution in [1.29, 1.82) is 0 Å². The number of benzene rings is 1. The first-order chi connectivity index (χ1) is 7.41. The van der Waals surface area contributed by atoms with E-state index in [-0.39, 0.29) is 5.41 Å². The summed E-state index contributed by atoms with van der Waals surface area (Å²) in [6.45, 7) is 6.53. The van der Waals surface area contributed by atoms with Gasteiger partial charge in [-0.1, -0.05) is 20.8 Å². The monoisotopic (exact) mass is 299 g/mol. The van der Waals surface area contributed by atoms with Crippen molar-refractivity contribution in [3.63, 3.8) is 0 Å². The molecule has 1 aromatic carbocycles. The van der Waals surface area contributed by atoms with E-state index in [4.69, 9.17) is 4.74 Å². The van der Waals surface area contributed by atoms with Crippen molar-refractivity contribution in [3.05, 3.63) is 21.6 Å². The normalized spacial score (nSPS) is 12.1. The summed E-state index contributed by atoms with van der Waals surface area (Å²) in [4.78, 5) is 4.68. The van der Waals surface area contributed by atoms with Crippen molar-refractivity contribution >= 4 is 37.5 Å². The fourth-order valence-electron chi connectivity index (χ4n) is 1.40. The van der Waals surface area contributed by atoms with E-state index in [0.717, 1.165) is 25.4 Å². The summed E-state index contributed by atoms with van der Waals surface area (Å²) in [6, 6.07) is 3.99. The number of methoxy groups -OCH3 is 1. The minimum Gasteiger partial charge on any atom is -0.497 e. The van der Waals surface area contributed by atoms with Gasteiger partial charge < -0.3 is 4.74 Å². The van der Waals surface area contributed by atoms with Crippen LogP contribution in [0.25, 0.3) is 10.2 Å². The van der Waals surface area contributed by atoms with E-state index in [0.29, 0.717) is 0 Å². The molecule has 1 heterocycles. The molecule has 0 bridgehead atoms. The summed E-state index contributed by atoms with van der Waals surface area (Å²) in [7, 11) is 1.68. The van der Waals surface area contributed by atoms with E-state index in [1.165, 1.54) is 0 Å². The number of nitrogens with zero attached hydrogens (tertiary/aromatic N) is 1. The van der Waals surface area contributed by atoms with Gasteiger partial charge in [0.25, 0.3) is 0 Å². The molecule has 86 valence electrons. The second kappa shape index (κ2) is 4.00. The van der Waals surface area contributed by atoms with Crippen molar-refractivity contribution in [3.8, 4) is 5.75 Å². The van der Waals surface area contributed by atoms with Crippen LogP contribution in [0.3, 0.4) is 0 Å². The third-order valence-electron chi connectivity index (χ3n) is 2.30. The maximum Gasteiger partial charge on any atom is 0.121 e. The van der Waals surface area contributed by atoms with Crippen LogP contribution in [0.2, 0.25) is 0 Å². The Hall–Kier alpha value is -0.610. The Morgan fingerprint density at radius 2 is 2.00 bits per heavy atom. The van der Waals surface area contributed by atoms with Gasteiger partial charge in [-0.15, -0.1) is 11.3 Å². The van der Waals surface area contributed by atoms with E-state index in [9.17, 15) is 0 Å². The zero-order valence-electron chi connectivity index (χ0n) is 9.80. The Kier molecular flexibility index (Phi) is 2.97. The highest BCUT2D eigenvalue weighted by atomic mass is 79.9. The average molecular weight is 300 g/mol. The Morgan fingerprint density at radius 1 is 1.31 bits per heavy atom. The van der Waals surface area contributed by atoms with Crippen molar-refractivity contribution in [2.75, 3.05) is 7.11 Å². The van der Waals surface area contributed by atoms with Crippen LogP contribution in [0.1, 0.15) is 25.8 Å². The first-order valence-electron chi connectivity index (χ1n) is 5.06. The molecular weight excluding hydrogens is 286 g/mol. The lowest BCUT2D eigenvalue weighted by Gasteiger charge is -2.13. The number of ether oxygens (including phenoxy) is 1. The smallest absolute Gasteiger partial charge is 0.121 e. The molecule has 16 heavy (non-hydrogen) atoms.